The van der Waals surface area contributed by atoms with Gasteiger partial charge in [-0.15, -0.1) is 0 Å². The fraction of sp³-hybridized carbons (Fsp3) is 0.174. The molecule has 144 valence electrons. The van der Waals surface area contributed by atoms with E-state index in [4.69, 9.17) is 21.1 Å². The average molecular weight is 396 g/mol. The molecule has 1 amide bonds. The predicted octanol–water partition coefficient (Wildman–Crippen LogP) is 5.42. The van der Waals surface area contributed by atoms with Crippen molar-refractivity contribution in [2.75, 3.05) is 7.11 Å². The Balaban J connectivity index is 1.74. The topological polar surface area (TPSA) is 47.6 Å². The van der Waals surface area contributed by atoms with Crippen LogP contribution in [0.1, 0.15) is 34.5 Å². The molecule has 0 saturated heterocycles. The monoisotopic (exact) mass is 395 g/mol. The van der Waals surface area contributed by atoms with Crippen molar-refractivity contribution in [3.05, 3.63) is 94.5 Å². The van der Waals surface area contributed by atoms with Gasteiger partial charge in [-0.25, -0.2) is 0 Å². The number of ether oxygens (including phenoxy) is 2. The van der Waals surface area contributed by atoms with Crippen molar-refractivity contribution in [3.63, 3.8) is 0 Å². The van der Waals surface area contributed by atoms with Crippen LogP contribution in [0.25, 0.3) is 0 Å². The Bertz CT molecular complexity index is 944. The molecule has 1 atom stereocenters. The van der Waals surface area contributed by atoms with Crippen molar-refractivity contribution < 1.29 is 14.3 Å². The molecule has 0 aromatic heterocycles. The molecular formula is C23H22ClNO3. The number of benzene rings is 3. The van der Waals surface area contributed by atoms with Crippen LogP contribution in [0.15, 0.2) is 72.8 Å². The smallest absolute Gasteiger partial charge is 0.251 e. The number of rotatable bonds is 7. The van der Waals surface area contributed by atoms with Crippen LogP contribution in [0.4, 0.5) is 0 Å². The van der Waals surface area contributed by atoms with Crippen molar-refractivity contribution in [1.29, 1.82) is 0 Å². The predicted molar refractivity (Wildman–Crippen MR) is 111 cm³/mol. The minimum absolute atomic E-state index is 0.0985. The number of nitrogens with one attached hydrogen (secondary N) is 1. The van der Waals surface area contributed by atoms with Gasteiger partial charge in [0.25, 0.3) is 5.91 Å². The molecule has 3 aromatic carbocycles. The van der Waals surface area contributed by atoms with Crippen LogP contribution in [-0.4, -0.2) is 13.0 Å². The van der Waals surface area contributed by atoms with E-state index in [2.05, 4.69) is 5.32 Å². The Morgan fingerprint density at radius 1 is 1.00 bits per heavy atom. The molecule has 0 bridgehead atoms. The molecule has 0 aliphatic heterocycles. The molecule has 4 nitrogen and oxygen atoms in total. The maximum absolute atomic E-state index is 12.7. The van der Waals surface area contributed by atoms with Gasteiger partial charge in [0, 0.05) is 11.1 Å². The third-order valence-corrected chi connectivity index (χ3v) is 4.72. The maximum Gasteiger partial charge on any atom is 0.251 e. The highest BCUT2D eigenvalue weighted by molar-refractivity contribution is 6.32. The van der Waals surface area contributed by atoms with Gasteiger partial charge in [0.2, 0.25) is 0 Å². The summed E-state index contributed by atoms with van der Waals surface area (Å²) >= 11 is 6.14. The van der Waals surface area contributed by atoms with Gasteiger partial charge in [-0.2, -0.15) is 0 Å². The SMILES string of the molecule is COc1ccc(C(=O)N[C@@H](C)c2ccccc2)cc1COc1ccccc1Cl. The van der Waals surface area contributed by atoms with Crippen LogP contribution in [0.5, 0.6) is 11.5 Å². The second-order valence-corrected chi connectivity index (χ2v) is 6.76. The zero-order valence-electron chi connectivity index (χ0n) is 15.8. The molecule has 3 rings (SSSR count). The van der Waals surface area contributed by atoms with Crippen molar-refractivity contribution in [1.82, 2.24) is 5.32 Å². The van der Waals surface area contributed by atoms with Crippen LogP contribution in [0.3, 0.4) is 0 Å². The summed E-state index contributed by atoms with van der Waals surface area (Å²) in [5.41, 5.74) is 2.36. The highest BCUT2D eigenvalue weighted by Crippen LogP contribution is 2.27. The number of methoxy groups -OCH3 is 1. The Hall–Kier alpha value is -2.98. The fourth-order valence-electron chi connectivity index (χ4n) is 2.85. The van der Waals surface area contributed by atoms with Gasteiger partial charge in [-0.05, 0) is 42.8 Å². The number of hydrogen-bond acceptors (Lipinski definition) is 3. The molecule has 5 heteroatoms. The highest BCUT2D eigenvalue weighted by atomic mass is 35.5. The average Bonchev–Trinajstić information content (AvgIpc) is 2.73. The van der Waals surface area contributed by atoms with E-state index >= 15 is 0 Å². The number of hydrogen-bond donors (Lipinski definition) is 1. The lowest BCUT2D eigenvalue weighted by Gasteiger charge is -2.16. The summed E-state index contributed by atoms with van der Waals surface area (Å²) in [6, 6.07) is 22.3. The van der Waals surface area contributed by atoms with Crippen molar-refractivity contribution >= 4 is 17.5 Å². The molecule has 0 spiro atoms. The quantitative estimate of drug-likeness (QED) is 0.581. The summed E-state index contributed by atoms with van der Waals surface area (Å²) in [6.07, 6.45) is 0. The highest BCUT2D eigenvalue weighted by Gasteiger charge is 2.14. The number of halogens is 1. The summed E-state index contributed by atoms with van der Waals surface area (Å²) in [6.45, 7) is 2.19. The third-order valence-electron chi connectivity index (χ3n) is 4.41. The molecule has 0 saturated carbocycles. The van der Waals surface area contributed by atoms with Crippen LogP contribution in [0, 0.1) is 0 Å². The molecule has 28 heavy (non-hydrogen) atoms. The Morgan fingerprint density at radius 2 is 1.71 bits per heavy atom. The van der Waals surface area contributed by atoms with E-state index in [9.17, 15) is 4.79 Å². The lowest BCUT2D eigenvalue weighted by Crippen LogP contribution is -2.26. The first-order chi connectivity index (χ1) is 13.6. The van der Waals surface area contributed by atoms with Crippen LogP contribution < -0.4 is 14.8 Å². The molecule has 0 aliphatic carbocycles. The fourth-order valence-corrected chi connectivity index (χ4v) is 3.05. The van der Waals surface area contributed by atoms with Crippen LogP contribution in [0.2, 0.25) is 5.02 Å². The lowest BCUT2D eigenvalue weighted by molar-refractivity contribution is 0.0939. The largest absolute Gasteiger partial charge is 0.496 e. The molecule has 0 heterocycles. The van der Waals surface area contributed by atoms with Gasteiger partial charge < -0.3 is 14.8 Å². The van der Waals surface area contributed by atoms with Crippen molar-refractivity contribution in [2.24, 2.45) is 0 Å². The zero-order chi connectivity index (χ0) is 19.9. The Labute approximate surface area is 170 Å². The van der Waals surface area contributed by atoms with Gasteiger partial charge in [-0.3, -0.25) is 4.79 Å². The maximum atomic E-state index is 12.7. The van der Waals surface area contributed by atoms with E-state index in [0.717, 1.165) is 11.1 Å². The Morgan fingerprint density at radius 3 is 2.43 bits per heavy atom. The molecule has 0 radical (unpaired) electrons. The third kappa shape index (κ3) is 4.84. The number of amides is 1. The molecule has 0 unspecified atom stereocenters. The minimum Gasteiger partial charge on any atom is -0.496 e. The molecule has 0 fully saturated rings. The van der Waals surface area contributed by atoms with Gasteiger partial charge >= 0.3 is 0 Å². The Kier molecular flexibility index (Phi) is 6.56. The van der Waals surface area contributed by atoms with Crippen molar-refractivity contribution in [2.45, 2.75) is 19.6 Å². The molecule has 0 aliphatic rings. The van der Waals surface area contributed by atoms with Gasteiger partial charge in [-0.1, -0.05) is 54.1 Å². The summed E-state index contributed by atoms with van der Waals surface area (Å²) in [5.74, 6) is 1.08. The van der Waals surface area contributed by atoms with Crippen LogP contribution in [-0.2, 0) is 6.61 Å². The molecule has 3 aromatic rings. The minimum atomic E-state index is -0.155. The second-order valence-electron chi connectivity index (χ2n) is 6.35. The van der Waals surface area contributed by atoms with Gasteiger partial charge in [0.05, 0.1) is 18.2 Å². The summed E-state index contributed by atoms with van der Waals surface area (Å²) in [5, 5.41) is 3.55. The first-order valence-electron chi connectivity index (χ1n) is 8.98. The van der Waals surface area contributed by atoms with Gasteiger partial charge in [0.15, 0.2) is 0 Å². The van der Waals surface area contributed by atoms with Gasteiger partial charge in [0.1, 0.15) is 18.1 Å². The summed E-state index contributed by atoms with van der Waals surface area (Å²) in [4.78, 5) is 12.7. The molecule has 1 N–H and O–H groups in total. The van der Waals surface area contributed by atoms with E-state index in [0.29, 0.717) is 22.1 Å². The van der Waals surface area contributed by atoms with Crippen molar-refractivity contribution in [3.8, 4) is 11.5 Å². The standard InChI is InChI=1S/C23H22ClNO3/c1-16(17-8-4-3-5-9-17)25-23(26)18-12-13-21(27-2)19(14-18)15-28-22-11-7-6-10-20(22)24/h3-14,16H,15H2,1-2H3,(H,25,26)/t16-/m0/s1. The summed E-state index contributed by atoms with van der Waals surface area (Å²) in [7, 11) is 1.59. The number of carbonyl (C=O) groups is 1. The van der Waals surface area contributed by atoms with E-state index in [1.54, 1.807) is 37.4 Å². The van der Waals surface area contributed by atoms with Crippen LogP contribution >= 0.6 is 11.6 Å². The second kappa shape index (κ2) is 9.29. The number of carbonyl (C=O) groups excluding carboxylic acids is 1. The normalized spacial score (nSPS) is 11.5. The molecular weight excluding hydrogens is 374 g/mol. The van der Waals surface area contributed by atoms with E-state index in [1.807, 2.05) is 49.4 Å². The summed E-state index contributed by atoms with van der Waals surface area (Å²) < 4.78 is 11.2. The first kappa shape index (κ1) is 19.8. The first-order valence-corrected chi connectivity index (χ1v) is 9.36. The number of para-hydroxylation sites is 1. The van der Waals surface area contributed by atoms with E-state index in [-0.39, 0.29) is 18.6 Å². The zero-order valence-corrected chi connectivity index (χ0v) is 16.6. The van der Waals surface area contributed by atoms with E-state index in [1.165, 1.54) is 0 Å². The lowest BCUT2D eigenvalue weighted by atomic mass is 10.1. The van der Waals surface area contributed by atoms with E-state index < -0.39 is 0 Å².